The molecule has 0 aromatic heterocycles. The average Bonchev–Trinajstić information content (AvgIpc) is 2.51. The van der Waals surface area contributed by atoms with Gasteiger partial charge in [0.2, 0.25) is 0 Å². The summed E-state index contributed by atoms with van der Waals surface area (Å²) in [6.07, 6.45) is 0.594. The van der Waals surface area contributed by atoms with Gasteiger partial charge in [0.15, 0.2) is 11.6 Å². The van der Waals surface area contributed by atoms with Crippen LogP contribution in [0, 0.1) is 11.6 Å². The van der Waals surface area contributed by atoms with Crippen LogP contribution in [0.1, 0.15) is 15.9 Å². The molecule has 6 heteroatoms. The van der Waals surface area contributed by atoms with Gasteiger partial charge in [-0.15, -0.1) is 0 Å². The average molecular weight is 326 g/mol. The molecule has 0 aliphatic heterocycles. The van der Waals surface area contributed by atoms with Gasteiger partial charge in [0.05, 0.1) is 17.7 Å². The molecular formula is C16H14ClF2NO2. The fraction of sp³-hybridized carbons (Fsp3) is 0.188. The van der Waals surface area contributed by atoms with Crippen molar-refractivity contribution in [3.8, 4) is 5.75 Å². The van der Waals surface area contributed by atoms with Crippen LogP contribution >= 0.6 is 11.6 Å². The van der Waals surface area contributed by atoms with E-state index in [-0.39, 0.29) is 10.6 Å². The van der Waals surface area contributed by atoms with Gasteiger partial charge in [-0.2, -0.15) is 0 Å². The Balaban J connectivity index is 1.94. The Morgan fingerprint density at radius 2 is 1.82 bits per heavy atom. The Bertz CT molecular complexity index is 675. The first-order valence-electron chi connectivity index (χ1n) is 6.57. The van der Waals surface area contributed by atoms with E-state index >= 15 is 0 Å². The third kappa shape index (κ3) is 3.95. The van der Waals surface area contributed by atoms with Gasteiger partial charge in [-0.05, 0) is 36.2 Å². The van der Waals surface area contributed by atoms with Gasteiger partial charge >= 0.3 is 0 Å². The molecular weight excluding hydrogens is 312 g/mol. The van der Waals surface area contributed by atoms with Crippen molar-refractivity contribution in [1.29, 1.82) is 0 Å². The maximum absolute atomic E-state index is 13.2. The third-order valence-corrected chi connectivity index (χ3v) is 3.43. The van der Waals surface area contributed by atoms with Gasteiger partial charge < -0.3 is 10.1 Å². The first-order chi connectivity index (χ1) is 10.5. The predicted octanol–water partition coefficient (Wildman–Crippen LogP) is 3.60. The lowest BCUT2D eigenvalue weighted by Gasteiger charge is -2.08. The van der Waals surface area contributed by atoms with Crippen LogP contribution in [0.3, 0.4) is 0 Å². The molecule has 0 fully saturated rings. The molecule has 2 aromatic carbocycles. The summed E-state index contributed by atoms with van der Waals surface area (Å²) in [5.41, 5.74) is 0.924. The summed E-state index contributed by atoms with van der Waals surface area (Å²) in [7, 11) is 1.58. The minimum atomic E-state index is -1.11. The number of methoxy groups -OCH3 is 1. The third-order valence-electron chi connectivity index (χ3n) is 3.11. The Morgan fingerprint density at radius 3 is 2.45 bits per heavy atom. The van der Waals surface area contributed by atoms with Crippen LogP contribution in [0.2, 0.25) is 5.02 Å². The number of ether oxygens (including phenoxy) is 1. The van der Waals surface area contributed by atoms with Crippen molar-refractivity contribution in [1.82, 2.24) is 5.32 Å². The van der Waals surface area contributed by atoms with E-state index in [2.05, 4.69) is 5.32 Å². The Morgan fingerprint density at radius 1 is 1.18 bits per heavy atom. The smallest absolute Gasteiger partial charge is 0.252 e. The van der Waals surface area contributed by atoms with Crippen molar-refractivity contribution in [3.63, 3.8) is 0 Å². The number of rotatable bonds is 5. The van der Waals surface area contributed by atoms with Crippen LogP contribution in [-0.2, 0) is 6.42 Å². The van der Waals surface area contributed by atoms with Crippen molar-refractivity contribution >= 4 is 17.5 Å². The SMILES string of the molecule is COc1ccc(CCNC(=O)c2cc(F)c(F)cc2Cl)cc1. The van der Waals surface area contributed by atoms with Gasteiger partial charge in [-0.3, -0.25) is 4.79 Å². The van der Waals surface area contributed by atoms with Crippen LogP contribution < -0.4 is 10.1 Å². The Hall–Kier alpha value is -2.14. The number of benzene rings is 2. The zero-order chi connectivity index (χ0) is 16.1. The van der Waals surface area contributed by atoms with E-state index in [9.17, 15) is 13.6 Å². The molecule has 1 amide bonds. The van der Waals surface area contributed by atoms with Gasteiger partial charge in [-0.25, -0.2) is 8.78 Å². The normalized spacial score (nSPS) is 10.4. The number of carbonyl (C=O) groups is 1. The molecule has 2 aromatic rings. The molecule has 0 heterocycles. The van der Waals surface area contributed by atoms with E-state index in [4.69, 9.17) is 16.3 Å². The molecule has 2 rings (SSSR count). The zero-order valence-electron chi connectivity index (χ0n) is 11.8. The fourth-order valence-electron chi connectivity index (χ4n) is 1.90. The molecule has 3 nitrogen and oxygen atoms in total. The van der Waals surface area contributed by atoms with Gasteiger partial charge in [0.1, 0.15) is 5.75 Å². The zero-order valence-corrected chi connectivity index (χ0v) is 12.6. The van der Waals surface area contributed by atoms with Crippen molar-refractivity contribution < 1.29 is 18.3 Å². The van der Waals surface area contributed by atoms with Crippen molar-refractivity contribution in [2.75, 3.05) is 13.7 Å². The van der Waals surface area contributed by atoms with Gasteiger partial charge in [-0.1, -0.05) is 23.7 Å². The van der Waals surface area contributed by atoms with Crippen molar-refractivity contribution in [2.24, 2.45) is 0 Å². The number of hydrogen-bond donors (Lipinski definition) is 1. The maximum atomic E-state index is 13.2. The molecule has 0 unspecified atom stereocenters. The molecule has 0 radical (unpaired) electrons. The van der Waals surface area contributed by atoms with Gasteiger partial charge in [0.25, 0.3) is 5.91 Å². The number of nitrogens with one attached hydrogen (secondary N) is 1. The second-order valence-electron chi connectivity index (χ2n) is 4.60. The maximum Gasteiger partial charge on any atom is 0.252 e. The molecule has 0 spiro atoms. The lowest BCUT2D eigenvalue weighted by atomic mass is 10.1. The lowest BCUT2D eigenvalue weighted by Crippen LogP contribution is -2.26. The topological polar surface area (TPSA) is 38.3 Å². The molecule has 0 aliphatic carbocycles. The summed E-state index contributed by atoms with van der Waals surface area (Å²) in [6, 6.07) is 8.99. The summed E-state index contributed by atoms with van der Waals surface area (Å²) in [4.78, 5) is 11.9. The molecule has 1 N–H and O–H groups in total. The molecule has 0 bridgehead atoms. The quantitative estimate of drug-likeness (QED) is 0.853. The van der Waals surface area contributed by atoms with Crippen LogP contribution in [0.4, 0.5) is 8.78 Å². The fourth-order valence-corrected chi connectivity index (χ4v) is 2.14. The molecule has 0 atom stereocenters. The standard InChI is InChI=1S/C16H14ClF2NO2/c1-22-11-4-2-10(3-5-11)6-7-20-16(21)12-8-14(18)15(19)9-13(12)17/h2-5,8-9H,6-7H2,1H3,(H,20,21). The molecule has 116 valence electrons. The van der Waals surface area contributed by atoms with Crippen molar-refractivity contribution in [3.05, 3.63) is 64.2 Å². The van der Waals surface area contributed by atoms with E-state index in [1.807, 2.05) is 24.3 Å². The second kappa shape index (κ2) is 7.22. The summed E-state index contributed by atoms with van der Waals surface area (Å²) >= 11 is 5.74. The largest absolute Gasteiger partial charge is 0.497 e. The number of hydrogen-bond acceptors (Lipinski definition) is 2. The highest BCUT2D eigenvalue weighted by atomic mass is 35.5. The van der Waals surface area contributed by atoms with E-state index < -0.39 is 17.5 Å². The highest BCUT2D eigenvalue weighted by Crippen LogP contribution is 2.20. The second-order valence-corrected chi connectivity index (χ2v) is 5.01. The minimum absolute atomic E-state index is 0.0877. The monoisotopic (exact) mass is 325 g/mol. The molecule has 0 aliphatic rings. The molecule has 0 saturated carbocycles. The Kier molecular flexibility index (Phi) is 5.33. The molecule has 0 saturated heterocycles. The first-order valence-corrected chi connectivity index (χ1v) is 6.94. The predicted molar refractivity (Wildman–Crippen MR) is 80.4 cm³/mol. The number of amides is 1. The van der Waals surface area contributed by atoms with E-state index in [0.717, 1.165) is 23.4 Å². The van der Waals surface area contributed by atoms with Crippen molar-refractivity contribution in [2.45, 2.75) is 6.42 Å². The van der Waals surface area contributed by atoms with Crippen LogP contribution in [-0.4, -0.2) is 19.6 Å². The van der Waals surface area contributed by atoms with E-state index in [1.54, 1.807) is 7.11 Å². The summed E-state index contributed by atoms with van der Waals surface area (Å²) < 4.78 is 31.2. The Labute approximate surface area is 131 Å². The summed E-state index contributed by atoms with van der Waals surface area (Å²) in [5, 5.41) is 2.50. The van der Waals surface area contributed by atoms with E-state index in [1.165, 1.54) is 0 Å². The number of halogens is 3. The van der Waals surface area contributed by atoms with E-state index in [0.29, 0.717) is 13.0 Å². The molecule has 22 heavy (non-hydrogen) atoms. The highest BCUT2D eigenvalue weighted by molar-refractivity contribution is 6.33. The summed E-state index contributed by atoms with van der Waals surface area (Å²) in [5.74, 6) is -1.98. The van der Waals surface area contributed by atoms with Crippen LogP contribution in [0.25, 0.3) is 0 Å². The minimum Gasteiger partial charge on any atom is -0.497 e. The highest BCUT2D eigenvalue weighted by Gasteiger charge is 2.14. The van der Waals surface area contributed by atoms with Crippen LogP contribution in [0.5, 0.6) is 5.75 Å². The first kappa shape index (κ1) is 16.2. The van der Waals surface area contributed by atoms with Gasteiger partial charge in [0, 0.05) is 6.54 Å². The summed E-state index contributed by atoms with van der Waals surface area (Å²) in [6.45, 7) is 0.348. The lowest BCUT2D eigenvalue weighted by molar-refractivity contribution is 0.0953. The number of carbonyl (C=O) groups excluding carboxylic acids is 1. The van der Waals surface area contributed by atoms with Crippen LogP contribution in [0.15, 0.2) is 36.4 Å².